The first-order chi connectivity index (χ1) is 5.61. The second-order valence-corrected chi connectivity index (χ2v) is 2.58. The number of nitrogens with one attached hydrogen (secondary N) is 1. The Hall–Kier alpha value is -1.01. The van der Waals surface area contributed by atoms with Crippen molar-refractivity contribution in [3.63, 3.8) is 0 Å². The lowest BCUT2D eigenvalue weighted by atomic mass is 10.2. The molecule has 0 aliphatic carbocycles. The van der Waals surface area contributed by atoms with E-state index in [1.54, 1.807) is 14.0 Å². The van der Waals surface area contributed by atoms with E-state index in [1.165, 1.54) is 0 Å². The van der Waals surface area contributed by atoms with Crippen molar-refractivity contribution < 1.29 is 9.53 Å². The molecule has 1 N–H and O–H groups in total. The van der Waals surface area contributed by atoms with Crippen molar-refractivity contribution in [1.82, 2.24) is 5.32 Å². The Kier molecular flexibility index (Phi) is 5.14. The van der Waals surface area contributed by atoms with Gasteiger partial charge in [0.25, 0.3) is 5.91 Å². The van der Waals surface area contributed by atoms with Crippen LogP contribution in [0, 0.1) is 11.8 Å². The van der Waals surface area contributed by atoms with Gasteiger partial charge in [0.15, 0.2) is 0 Å². The second kappa shape index (κ2) is 5.62. The Morgan fingerprint density at radius 3 is 2.50 bits per heavy atom. The van der Waals surface area contributed by atoms with E-state index in [-0.39, 0.29) is 18.1 Å². The fourth-order valence-electron chi connectivity index (χ4n) is 0.678. The molecular weight excluding hydrogens is 154 g/mol. The summed E-state index contributed by atoms with van der Waals surface area (Å²) in [6.07, 6.45) is 0.00704. The van der Waals surface area contributed by atoms with E-state index in [0.717, 1.165) is 0 Å². The Morgan fingerprint density at radius 1 is 1.50 bits per heavy atom. The normalized spacial score (nSPS) is 14.0. The number of hydrogen-bond acceptors (Lipinski definition) is 2. The highest BCUT2D eigenvalue weighted by Crippen LogP contribution is 1.94. The zero-order valence-electron chi connectivity index (χ0n) is 7.97. The van der Waals surface area contributed by atoms with E-state index in [4.69, 9.17) is 4.74 Å². The number of carbonyl (C=O) groups excluding carboxylic acids is 1. The highest BCUT2D eigenvalue weighted by molar-refractivity contribution is 5.93. The van der Waals surface area contributed by atoms with Gasteiger partial charge in [-0.15, -0.1) is 0 Å². The minimum absolute atomic E-state index is 0.00704. The summed E-state index contributed by atoms with van der Waals surface area (Å²) in [7, 11) is 1.61. The van der Waals surface area contributed by atoms with Crippen LogP contribution in [0.3, 0.4) is 0 Å². The predicted octanol–water partition coefficient (Wildman–Crippen LogP) is 0.549. The topological polar surface area (TPSA) is 38.3 Å². The van der Waals surface area contributed by atoms with Crippen LogP contribution in [0.2, 0.25) is 0 Å². The highest BCUT2D eigenvalue weighted by Gasteiger charge is 2.11. The van der Waals surface area contributed by atoms with Gasteiger partial charge in [-0.2, -0.15) is 0 Å². The van der Waals surface area contributed by atoms with Crippen LogP contribution in [0.1, 0.15) is 20.8 Å². The van der Waals surface area contributed by atoms with Crippen molar-refractivity contribution in [1.29, 1.82) is 0 Å². The zero-order chi connectivity index (χ0) is 9.56. The Balaban J connectivity index is 3.88. The summed E-state index contributed by atoms with van der Waals surface area (Å²) < 4.78 is 5.03. The molecule has 0 aromatic carbocycles. The summed E-state index contributed by atoms with van der Waals surface area (Å²) >= 11 is 0. The van der Waals surface area contributed by atoms with Gasteiger partial charge in [-0.1, -0.05) is 5.92 Å². The second-order valence-electron chi connectivity index (χ2n) is 2.58. The molecule has 0 aromatic rings. The SMILES string of the molecule is CC#CC(=O)N[C@@H](C)C(C)OC. The maximum Gasteiger partial charge on any atom is 0.296 e. The molecule has 12 heavy (non-hydrogen) atoms. The summed E-state index contributed by atoms with van der Waals surface area (Å²) in [5.74, 6) is 4.67. The fourth-order valence-corrected chi connectivity index (χ4v) is 0.678. The Morgan fingerprint density at radius 2 is 2.08 bits per heavy atom. The van der Waals surface area contributed by atoms with Crippen molar-refractivity contribution >= 4 is 5.91 Å². The smallest absolute Gasteiger partial charge is 0.296 e. The van der Waals surface area contributed by atoms with Crippen molar-refractivity contribution in [2.24, 2.45) is 0 Å². The van der Waals surface area contributed by atoms with Crippen molar-refractivity contribution in [3.8, 4) is 11.8 Å². The third-order valence-electron chi connectivity index (χ3n) is 1.67. The average molecular weight is 169 g/mol. The van der Waals surface area contributed by atoms with E-state index < -0.39 is 0 Å². The van der Waals surface area contributed by atoms with E-state index in [9.17, 15) is 4.79 Å². The molecule has 0 bridgehead atoms. The summed E-state index contributed by atoms with van der Waals surface area (Å²) in [6, 6.07) is -0.0108. The molecule has 0 saturated carbocycles. The van der Waals surface area contributed by atoms with Gasteiger partial charge in [0.2, 0.25) is 0 Å². The van der Waals surface area contributed by atoms with Gasteiger partial charge in [0.05, 0.1) is 12.1 Å². The molecule has 0 fully saturated rings. The monoisotopic (exact) mass is 169 g/mol. The molecule has 0 aromatic heterocycles. The summed E-state index contributed by atoms with van der Waals surface area (Å²) in [6.45, 7) is 5.40. The summed E-state index contributed by atoms with van der Waals surface area (Å²) in [5, 5.41) is 2.69. The zero-order valence-corrected chi connectivity index (χ0v) is 7.97. The lowest BCUT2D eigenvalue weighted by Gasteiger charge is -2.18. The van der Waals surface area contributed by atoms with Crippen molar-refractivity contribution in [2.45, 2.75) is 32.9 Å². The molecule has 1 unspecified atom stereocenters. The minimum atomic E-state index is -0.256. The molecule has 0 rings (SSSR count). The maximum atomic E-state index is 10.9. The first kappa shape index (κ1) is 11.0. The van der Waals surface area contributed by atoms with Crippen LogP contribution in [0.15, 0.2) is 0 Å². The van der Waals surface area contributed by atoms with Crippen molar-refractivity contribution in [3.05, 3.63) is 0 Å². The van der Waals surface area contributed by atoms with Crippen molar-refractivity contribution in [2.75, 3.05) is 7.11 Å². The maximum absolute atomic E-state index is 10.9. The molecule has 3 heteroatoms. The van der Waals surface area contributed by atoms with Gasteiger partial charge in [-0.05, 0) is 26.7 Å². The van der Waals surface area contributed by atoms with Gasteiger partial charge in [-0.25, -0.2) is 0 Å². The molecule has 1 amide bonds. The van der Waals surface area contributed by atoms with E-state index >= 15 is 0 Å². The Bertz CT molecular complexity index is 202. The number of amides is 1. The molecule has 68 valence electrons. The van der Waals surface area contributed by atoms with Crippen LogP contribution in [-0.4, -0.2) is 25.2 Å². The van der Waals surface area contributed by atoms with Gasteiger partial charge < -0.3 is 10.1 Å². The van der Waals surface area contributed by atoms with E-state index in [1.807, 2.05) is 13.8 Å². The molecule has 0 heterocycles. The van der Waals surface area contributed by atoms with Crippen LogP contribution in [0.25, 0.3) is 0 Å². The van der Waals surface area contributed by atoms with Gasteiger partial charge >= 0.3 is 0 Å². The Labute approximate surface area is 73.5 Å². The highest BCUT2D eigenvalue weighted by atomic mass is 16.5. The van der Waals surface area contributed by atoms with E-state index in [0.29, 0.717) is 0 Å². The van der Waals surface area contributed by atoms with E-state index in [2.05, 4.69) is 17.2 Å². The number of ether oxygens (including phenoxy) is 1. The number of carbonyl (C=O) groups is 1. The lowest BCUT2D eigenvalue weighted by Crippen LogP contribution is -2.39. The molecule has 0 aliphatic heterocycles. The first-order valence-corrected chi connectivity index (χ1v) is 3.87. The van der Waals surface area contributed by atoms with Crippen LogP contribution < -0.4 is 5.32 Å². The van der Waals surface area contributed by atoms with Gasteiger partial charge in [0.1, 0.15) is 0 Å². The number of hydrogen-bond donors (Lipinski definition) is 1. The van der Waals surface area contributed by atoms with Gasteiger partial charge in [0, 0.05) is 7.11 Å². The standard InChI is InChI=1S/C9H15NO2/c1-5-6-9(11)10-7(2)8(3)12-4/h7-8H,1-4H3,(H,10,11)/t7-,8?/m0/s1. The molecule has 0 saturated heterocycles. The fraction of sp³-hybridized carbons (Fsp3) is 0.667. The van der Waals surface area contributed by atoms with Crippen LogP contribution in [0.4, 0.5) is 0 Å². The summed E-state index contributed by atoms with van der Waals surface area (Å²) in [4.78, 5) is 10.9. The number of rotatable bonds is 3. The predicted molar refractivity (Wildman–Crippen MR) is 47.5 cm³/mol. The molecule has 0 aliphatic rings. The lowest BCUT2D eigenvalue weighted by molar-refractivity contribution is -0.117. The summed E-state index contributed by atoms with van der Waals surface area (Å²) in [5.41, 5.74) is 0. The number of methoxy groups -OCH3 is 1. The van der Waals surface area contributed by atoms with Crippen LogP contribution in [0.5, 0.6) is 0 Å². The molecular formula is C9H15NO2. The van der Waals surface area contributed by atoms with Crippen LogP contribution in [-0.2, 0) is 9.53 Å². The molecule has 3 nitrogen and oxygen atoms in total. The third-order valence-corrected chi connectivity index (χ3v) is 1.67. The molecule has 2 atom stereocenters. The molecule has 0 spiro atoms. The average Bonchev–Trinajstić information content (AvgIpc) is 2.03. The third kappa shape index (κ3) is 3.99. The van der Waals surface area contributed by atoms with Gasteiger partial charge in [-0.3, -0.25) is 4.79 Å². The first-order valence-electron chi connectivity index (χ1n) is 3.87. The quantitative estimate of drug-likeness (QED) is 0.626. The largest absolute Gasteiger partial charge is 0.380 e. The van der Waals surface area contributed by atoms with Crippen LogP contribution >= 0.6 is 0 Å². The molecule has 0 radical (unpaired) electrons. The minimum Gasteiger partial charge on any atom is -0.380 e.